The highest BCUT2D eigenvalue weighted by molar-refractivity contribution is 6.31. The summed E-state index contributed by atoms with van der Waals surface area (Å²) in [6, 6.07) is 8.59. The molecule has 0 aliphatic carbocycles. The normalized spacial score (nSPS) is 16.0. The summed E-state index contributed by atoms with van der Waals surface area (Å²) in [7, 11) is 0. The van der Waals surface area contributed by atoms with Crippen LogP contribution in [-0.2, 0) is 17.9 Å². The molecule has 1 aliphatic rings. The maximum absolute atomic E-state index is 13.3. The van der Waals surface area contributed by atoms with E-state index >= 15 is 0 Å². The third kappa shape index (κ3) is 6.55. The van der Waals surface area contributed by atoms with Gasteiger partial charge in [0.05, 0.1) is 6.54 Å². The number of benzene rings is 1. The van der Waals surface area contributed by atoms with Crippen molar-refractivity contribution in [1.29, 1.82) is 0 Å². The first kappa shape index (κ1) is 30.2. The van der Waals surface area contributed by atoms with Crippen molar-refractivity contribution in [1.82, 2.24) is 44.3 Å². The number of carbonyl (C=O) groups excluding carboxylic acids is 2. The number of nitrogens with zero attached hydrogens (tertiary/aromatic N) is 8. The van der Waals surface area contributed by atoms with Crippen molar-refractivity contribution in [3.05, 3.63) is 74.9 Å². The number of likely N-dealkylation sites (tertiary alicyclic amines) is 1. The van der Waals surface area contributed by atoms with Gasteiger partial charge in [0.1, 0.15) is 12.2 Å². The summed E-state index contributed by atoms with van der Waals surface area (Å²) in [5.41, 5.74) is -0.534. The zero-order valence-corrected chi connectivity index (χ0v) is 23.5. The maximum Gasteiger partial charge on any atom is 0.416 e. The highest BCUT2D eigenvalue weighted by Crippen LogP contribution is 2.24. The predicted molar refractivity (Wildman–Crippen MR) is 146 cm³/mol. The van der Waals surface area contributed by atoms with E-state index in [1.807, 2.05) is 0 Å². The van der Waals surface area contributed by atoms with E-state index in [4.69, 9.17) is 23.2 Å². The van der Waals surface area contributed by atoms with Crippen molar-refractivity contribution in [2.24, 2.45) is 0 Å². The quantitative estimate of drug-likeness (QED) is 0.208. The van der Waals surface area contributed by atoms with E-state index in [0.29, 0.717) is 35.5 Å². The predicted octanol–water partition coefficient (Wildman–Crippen LogP) is 1.93. The fourth-order valence-corrected chi connectivity index (χ4v) is 4.78. The minimum atomic E-state index is -4.99. The summed E-state index contributed by atoms with van der Waals surface area (Å²) in [5, 5.41) is 21.4. The molecule has 2 amide bonds. The Balaban J connectivity index is 1.53. The van der Waals surface area contributed by atoms with Crippen LogP contribution < -0.4 is 11.0 Å². The van der Waals surface area contributed by atoms with Crippen LogP contribution in [0, 0.1) is 0 Å². The Labute approximate surface area is 250 Å². The molecule has 1 fully saturated rings. The minimum absolute atomic E-state index is 0.00592. The average molecular weight is 640 g/mol. The summed E-state index contributed by atoms with van der Waals surface area (Å²) in [4.78, 5) is 47.4. The van der Waals surface area contributed by atoms with E-state index in [1.165, 1.54) is 41.4 Å². The first-order valence-electron chi connectivity index (χ1n) is 12.7. The number of carbonyl (C=O) groups is 2. The van der Waals surface area contributed by atoms with Gasteiger partial charge in [-0.15, -0.1) is 10.2 Å². The monoisotopic (exact) mass is 639 g/mol. The van der Waals surface area contributed by atoms with Crippen molar-refractivity contribution in [2.75, 3.05) is 13.1 Å². The summed E-state index contributed by atoms with van der Waals surface area (Å²) in [6.07, 6.45) is -5.21. The van der Waals surface area contributed by atoms with Crippen molar-refractivity contribution in [3.8, 4) is 17.1 Å². The topological polar surface area (TPSA) is 153 Å². The second-order valence-corrected chi connectivity index (χ2v) is 10.4. The van der Waals surface area contributed by atoms with Crippen LogP contribution in [0.4, 0.5) is 13.2 Å². The number of aliphatic hydroxyl groups excluding tert-OH is 1. The summed E-state index contributed by atoms with van der Waals surface area (Å²) >= 11 is 12.2. The van der Waals surface area contributed by atoms with Gasteiger partial charge >= 0.3 is 11.9 Å². The third-order valence-corrected chi connectivity index (χ3v) is 7.12. The lowest BCUT2D eigenvalue weighted by Gasteiger charge is -2.15. The molecule has 226 valence electrons. The van der Waals surface area contributed by atoms with Crippen molar-refractivity contribution in [3.63, 3.8) is 0 Å². The third-order valence-electron chi connectivity index (χ3n) is 6.58. The van der Waals surface area contributed by atoms with E-state index in [0.717, 1.165) is 9.36 Å². The van der Waals surface area contributed by atoms with Gasteiger partial charge in [-0.2, -0.15) is 13.2 Å². The largest absolute Gasteiger partial charge is 0.416 e. The second kappa shape index (κ2) is 12.1. The van der Waals surface area contributed by atoms with Crippen LogP contribution >= 0.6 is 23.2 Å². The van der Waals surface area contributed by atoms with Crippen molar-refractivity contribution in [2.45, 2.75) is 37.8 Å². The molecule has 1 aliphatic heterocycles. The van der Waals surface area contributed by atoms with Crippen LogP contribution in [0.5, 0.6) is 0 Å². The van der Waals surface area contributed by atoms with Crippen LogP contribution in [0.25, 0.3) is 17.1 Å². The molecule has 2 unspecified atom stereocenters. The van der Waals surface area contributed by atoms with Crippen LogP contribution in [0.1, 0.15) is 22.9 Å². The number of alkyl halides is 3. The Hall–Kier alpha value is -4.28. The molecule has 0 saturated carbocycles. The van der Waals surface area contributed by atoms with E-state index in [2.05, 4.69) is 25.5 Å². The molecule has 2 atom stereocenters. The molecule has 5 rings (SSSR count). The molecule has 0 bridgehead atoms. The Kier molecular flexibility index (Phi) is 8.52. The summed E-state index contributed by atoms with van der Waals surface area (Å²) in [5.74, 6) is -1.13. The average Bonchev–Trinajstić information content (AvgIpc) is 3.68. The van der Waals surface area contributed by atoms with Gasteiger partial charge in [0.2, 0.25) is 12.2 Å². The summed E-state index contributed by atoms with van der Waals surface area (Å²) < 4.78 is 42.2. The number of hydrogen-bond donors (Lipinski definition) is 2. The number of hydrogen-bond acceptors (Lipinski definition) is 8. The molecule has 2 N–H and O–H groups in total. The molecule has 18 heteroatoms. The minimum Gasteiger partial charge on any atom is -0.382 e. The van der Waals surface area contributed by atoms with E-state index < -0.39 is 37.0 Å². The van der Waals surface area contributed by atoms with E-state index in [-0.39, 0.29) is 39.9 Å². The Morgan fingerprint density at radius 2 is 1.93 bits per heavy atom. The van der Waals surface area contributed by atoms with Gasteiger partial charge in [0, 0.05) is 35.9 Å². The lowest BCUT2D eigenvalue weighted by Crippen LogP contribution is -2.38. The fraction of sp³-hybridized carbons (Fsp3) is 0.320. The molecule has 0 radical (unpaired) electrons. The van der Waals surface area contributed by atoms with E-state index in [9.17, 15) is 32.7 Å². The number of amides is 2. The lowest BCUT2D eigenvalue weighted by atomic mass is 10.2. The maximum atomic E-state index is 13.3. The Morgan fingerprint density at radius 3 is 2.58 bits per heavy atom. The van der Waals surface area contributed by atoms with Crippen LogP contribution in [0.15, 0.2) is 47.4 Å². The Bertz CT molecular complexity index is 1710. The summed E-state index contributed by atoms with van der Waals surface area (Å²) in [6.45, 7) is -0.818. The molecule has 13 nitrogen and oxygen atoms in total. The van der Waals surface area contributed by atoms with Crippen molar-refractivity contribution >= 4 is 35.5 Å². The van der Waals surface area contributed by atoms with Crippen LogP contribution in [-0.4, -0.2) is 87.8 Å². The molecule has 3 aromatic heterocycles. The molecule has 43 heavy (non-hydrogen) atoms. The molecule has 0 spiro atoms. The SMILES string of the molecule is O=CN1CCC(NC(=O)c2nc(Cn3nc(-c4ccc(Cl)cc4)n(CC(O)C(F)(F)F)c3=O)nn2-c2cccnc2Cl)C1. The highest BCUT2D eigenvalue weighted by atomic mass is 35.5. The van der Waals surface area contributed by atoms with Crippen molar-refractivity contribution < 1.29 is 27.9 Å². The van der Waals surface area contributed by atoms with Gasteiger partial charge in [0.25, 0.3) is 5.91 Å². The standard InChI is InChI=1S/C25H22Cl2F3N9O4/c26-15-5-3-14(4-6-15)21-35-38(24(43)37(21)11-18(41)25(28,29)30)12-19-33-22(23(42)32-16-7-9-36(10-16)13-40)39(34-19)17-2-1-8-31-20(17)27/h1-6,8,13,16,18,41H,7,9-12H2,(H,32,42). The smallest absolute Gasteiger partial charge is 0.382 e. The Morgan fingerprint density at radius 1 is 1.19 bits per heavy atom. The fourth-order valence-electron chi connectivity index (χ4n) is 4.45. The van der Waals surface area contributed by atoms with Gasteiger partial charge in [-0.3, -0.25) is 14.2 Å². The zero-order chi connectivity index (χ0) is 30.9. The number of aliphatic hydroxyl groups is 1. The van der Waals surface area contributed by atoms with Gasteiger partial charge < -0.3 is 15.3 Å². The molecule has 4 heterocycles. The molecule has 1 aromatic carbocycles. The van der Waals surface area contributed by atoms with Crippen LogP contribution in [0.3, 0.4) is 0 Å². The van der Waals surface area contributed by atoms with Gasteiger partial charge in [-0.25, -0.2) is 24.1 Å². The number of halogens is 5. The molecular formula is C25H22Cl2F3N9O4. The number of nitrogens with one attached hydrogen (secondary N) is 1. The first-order chi connectivity index (χ1) is 20.4. The van der Waals surface area contributed by atoms with Crippen LogP contribution in [0.2, 0.25) is 10.2 Å². The molecular weight excluding hydrogens is 618 g/mol. The number of aromatic nitrogens is 7. The van der Waals surface area contributed by atoms with E-state index in [1.54, 1.807) is 6.07 Å². The molecule has 4 aromatic rings. The van der Waals surface area contributed by atoms with Gasteiger partial charge in [0.15, 0.2) is 22.9 Å². The first-order valence-corrected chi connectivity index (χ1v) is 13.5. The number of pyridine rings is 1. The van der Waals surface area contributed by atoms with Gasteiger partial charge in [-0.1, -0.05) is 23.2 Å². The zero-order valence-electron chi connectivity index (χ0n) is 21.9. The highest BCUT2D eigenvalue weighted by Gasteiger charge is 2.39. The van der Waals surface area contributed by atoms with Gasteiger partial charge in [-0.05, 0) is 42.8 Å². The lowest BCUT2D eigenvalue weighted by molar-refractivity contribution is -0.207. The number of rotatable bonds is 9. The molecule has 1 saturated heterocycles. The second-order valence-electron chi connectivity index (χ2n) is 9.57.